The molecule has 0 unspecified atom stereocenters. The Morgan fingerprint density at radius 1 is 1.14 bits per heavy atom. The number of thiocarbonyl (C=S) groups is 1. The van der Waals surface area contributed by atoms with Crippen molar-refractivity contribution in [1.82, 2.24) is 10.2 Å². The smallest absolute Gasteiger partial charge is 0.348 e. The summed E-state index contributed by atoms with van der Waals surface area (Å²) in [6.45, 7) is 11.0. The molecule has 1 fully saturated rings. The first-order valence-electron chi connectivity index (χ1n) is 9.68. The number of hydrogen-bond acceptors (Lipinski definition) is 7. The van der Waals surface area contributed by atoms with Gasteiger partial charge in [0.1, 0.15) is 9.88 Å². The van der Waals surface area contributed by atoms with Crippen molar-refractivity contribution in [3.8, 4) is 0 Å². The molecule has 1 aliphatic heterocycles. The first kappa shape index (κ1) is 22.6. The Hall–Kier alpha value is -1.71. The summed E-state index contributed by atoms with van der Waals surface area (Å²) in [5, 5.41) is 7.37. The molecule has 0 radical (unpaired) electrons. The van der Waals surface area contributed by atoms with Crippen LogP contribution < -0.4 is 10.6 Å². The van der Waals surface area contributed by atoms with E-state index in [0.29, 0.717) is 32.2 Å². The van der Waals surface area contributed by atoms with E-state index in [9.17, 15) is 9.59 Å². The quantitative estimate of drug-likeness (QED) is 0.507. The van der Waals surface area contributed by atoms with Crippen molar-refractivity contribution >= 4 is 45.6 Å². The van der Waals surface area contributed by atoms with E-state index in [1.54, 1.807) is 20.8 Å². The minimum absolute atomic E-state index is 0.251. The van der Waals surface area contributed by atoms with Crippen LogP contribution in [0.1, 0.15) is 59.2 Å². The Morgan fingerprint density at radius 2 is 1.75 bits per heavy atom. The number of piperidine rings is 1. The van der Waals surface area contributed by atoms with E-state index in [1.807, 2.05) is 0 Å². The molecule has 1 aliphatic rings. The summed E-state index contributed by atoms with van der Waals surface area (Å²) in [5.41, 5.74) is 0.878. The fourth-order valence-corrected chi connectivity index (χ4v) is 4.59. The molecule has 2 rings (SSSR count). The highest BCUT2D eigenvalue weighted by atomic mass is 32.1. The number of nitrogens with one attached hydrogen (secondary N) is 2. The third-order valence-electron chi connectivity index (χ3n) is 4.68. The molecule has 0 saturated carbocycles. The van der Waals surface area contributed by atoms with Gasteiger partial charge >= 0.3 is 11.9 Å². The lowest BCUT2D eigenvalue weighted by molar-refractivity contribution is 0.0527. The van der Waals surface area contributed by atoms with Crippen molar-refractivity contribution in [1.29, 1.82) is 0 Å². The minimum atomic E-state index is -0.478. The largest absolute Gasteiger partial charge is 0.462 e. The van der Waals surface area contributed by atoms with Gasteiger partial charge in [-0.25, -0.2) is 9.59 Å². The summed E-state index contributed by atoms with van der Waals surface area (Å²) in [7, 11) is 0. The van der Waals surface area contributed by atoms with Gasteiger partial charge in [0.25, 0.3) is 0 Å². The molecular weight excluding hydrogens is 398 g/mol. The second kappa shape index (κ2) is 10.7. The van der Waals surface area contributed by atoms with Gasteiger partial charge in [-0.15, -0.1) is 11.3 Å². The van der Waals surface area contributed by atoms with E-state index in [2.05, 4.69) is 22.5 Å². The Balaban J connectivity index is 2.14. The van der Waals surface area contributed by atoms with Gasteiger partial charge in [-0.2, -0.15) is 0 Å². The van der Waals surface area contributed by atoms with Crippen LogP contribution in [0.4, 0.5) is 5.00 Å². The Morgan fingerprint density at radius 3 is 2.32 bits per heavy atom. The number of thiophene rings is 1. The summed E-state index contributed by atoms with van der Waals surface area (Å²) < 4.78 is 10.3. The van der Waals surface area contributed by atoms with Gasteiger partial charge in [0.05, 0.1) is 18.8 Å². The predicted molar refractivity (Wildman–Crippen MR) is 115 cm³/mol. The molecule has 9 heteroatoms. The summed E-state index contributed by atoms with van der Waals surface area (Å²) >= 11 is 6.62. The number of esters is 2. The van der Waals surface area contributed by atoms with Crippen LogP contribution in [0.25, 0.3) is 0 Å². The van der Waals surface area contributed by atoms with Crippen LogP contribution in [0.5, 0.6) is 0 Å². The highest BCUT2D eigenvalue weighted by molar-refractivity contribution is 7.80. The standard InChI is InChI=1S/C19H29N3O4S2/c1-5-22-10-8-13(9-11-22)20-19(27)21-16-14(17(23)25-6-2)12(4)15(28-16)18(24)26-7-3/h13H,5-11H2,1-4H3,(H2,20,21,27). The van der Waals surface area contributed by atoms with Crippen LogP contribution in [0.3, 0.4) is 0 Å². The van der Waals surface area contributed by atoms with Crippen molar-refractivity contribution in [3.63, 3.8) is 0 Å². The third-order valence-corrected chi connectivity index (χ3v) is 6.09. The number of hydrogen-bond donors (Lipinski definition) is 2. The van der Waals surface area contributed by atoms with Gasteiger partial charge in [0.15, 0.2) is 5.11 Å². The fourth-order valence-electron chi connectivity index (χ4n) is 3.16. The second-order valence-electron chi connectivity index (χ2n) is 6.51. The molecule has 1 saturated heterocycles. The minimum Gasteiger partial charge on any atom is -0.462 e. The van der Waals surface area contributed by atoms with Gasteiger partial charge in [0, 0.05) is 19.1 Å². The molecule has 0 amide bonds. The lowest BCUT2D eigenvalue weighted by Crippen LogP contribution is -2.45. The average Bonchev–Trinajstić information content (AvgIpc) is 2.98. The molecule has 156 valence electrons. The molecule has 7 nitrogen and oxygen atoms in total. The molecule has 0 spiro atoms. The number of carbonyl (C=O) groups is 2. The summed E-state index contributed by atoms with van der Waals surface area (Å²) in [6.07, 6.45) is 2.02. The van der Waals surface area contributed by atoms with Crippen LogP contribution in [0, 0.1) is 6.92 Å². The predicted octanol–water partition coefficient (Wildman–Crippen LogP) is 3.18. The first-order chi connectivity index (χ1) is 13.4. The van der Waals surface area contributed by atoms with Crippen molar-refractivity contribution in [2.24, 2.45) is 0 Å². The molecule has 0 bridgehead atoms. The Labute approximate surface area is 175 Å². The van der Waals surface area contributed by atoms with Gasteiger partial charge in [-0.05, 0) is 57.9 Å². The zero-order valence-electron chi connectivity index (χ0n) is 16.9. The number of ether oxygens (including phenoxy) is 2. The molecule has 2 heterocycles. The van der Waals surface area contributed by atoms with Gasteiger partial charge in [-0.1, -0.05) is 6.92 Å². The molecule has 1 aromatic rings. The van der Waals surface area contributed by atoms with Crippen LogP contribution in [0.15, 0.2) is 0 Å². The van der Waals surface area contributed by atoms with E-state index in [4.69, 9.17) is 21.7 Å². The maximum atomic E-state index is 12.4. The van der Waals surface area contributed by atoms with E-state index >= 15 is 0 Å². The monoisotopic (exact) mass is 427 g/mol. The molecule has 0 aliphatic carbocycles. The fraction of sp³-hybridized carbons (Fsp3) is 0.632. The molecule has 1 aromatic heterocycles. The van der Waals surface area contributed by atoms with E-state index in [-0.39, 0.29) is 13.2 Å². The van der Waals surface area contributed by atoms with Crippen molar-refractivity contribution in [2.75, 3.05) is 38.2 Å². The summed E-state index contributed by atoms with van der Waals surface area (Å²) in [4.78, 5) is 27.5. The summed E-state index contributed by atoms with van der Waals surface area (Å²) in [5.74, 6) is -0.928. The van der Waals surface area contributed by atoms with Crippen LogP contribution in [-0.2, 0) is 9.47 Å². The maximum Gasteiger partial charge on any atom is 0.348 e. The number of likely N-dealkylation sites (tertiary alicyclic amines) is 1. The molecule has 28 heavy (non-hydrogen) atoms. The Bertz CT molecular complexity index is 712. The number of nitrogens with zero attached hydrogens (tertiary/aromatic N) is 1. The number of carbonyl (C=O) groups excluding carboxylic acids is 2. The van der Waals surface area contributed by atoms with Crippen molar-refractivity contribution in [2.45, 2.75) is 46.6 Å². The van der Waals surface area contributed by atoms with Gasteiger partial charge in [0.2, 0.25) is 0 Å². The number of rotatable bonds is 7. The second-order valence-corrected chi connectivity index (χ2v) is 7.94. The Kier molecular flexibility index (Phi) is 8.65. The van der Waals surface area contributed by atoms with E-state index in [0.717, 1.165) is 43.8 Å². The van der Waals surface area contributed by atoms with Crippen LogP contribution >= 0.6 is 23.6 Å². The third kappa shape index (κ3) is 5.65. The van der Waals surface area contributed by atoms with E-state index in [1.165, 1.54) is 0 Å². The first-order valence-corrected chi connectivity index (χ1v) is 10.9. The molecular formula is C19H29N3O4S2. The van der Waals surface area contributed by atoms with Crippen molar-refractivity contribution < 1.29 is 19.1 Å². The van der Waals surface area contributed by atoms with Crippen LogP contribution in [-0.4, -0.2) is 60.8 Å². The molecule has 0 aromatic carbocycles. The van der Waals surface area contributed by atoms with Gasteiger partial charge < -0.3 is 25.0 Å². The van der Waals surface area contributed by atoms with Gasteiger partial charge in [-0.3, -0.25) is 0 Å². The highest BCUT2D eigenvalue weighted by Gasteiger charge is 2.27. The average molecular weight is 428 g/mol. The zero-order chi connectivity index (χ0) is 20.7. The topological polar surface area (TPSA) is 79.9 Å². The lowest BCUT2D eigenvalue weighted by Gasteiger charge is -2.32. The zero-order valence-corrected chi connectivity index (χ0v) is 18.6. The normalized spacial score (nSPS) is 15.1. The highest BCUT2D eigenvalue weighted by Crippen LogP contribution is 2.34. The number of anilines is 1. The van der Waals surface area contributed by atoms with Crippen molar-refractivity contribution in [3.05, 3.63) is 16.0 Å². The molecule has 2 N–H and O–H groups in total. The lowest BCUT2D eigenvalue weighted by atomic mass is 10.1. The SMILES string of the molecule is CCOC(=O)c1sc(NC(=S)NC2CCN(CC)CC2)c(C(=O)OCC)c1C. The van der Waals surface area contributed by atoms with Crippen LogP contribution in [0.2, 0.25) is 0 Å². The summed E-state index contributed by atoms with van der Waals surface area (Å²) in [6, 6.07) is 0.291. The van der Waals surface area contributed by atoms with E-state index < -0.39 is 11.9 Å². The maximum absolute atomic E-state index is 12.4. The molecule has 0 atom stereocenters.